The molecule has 0 atom stereocenters. The molecule has 0 radical (unpaired) electrons. The summed E-state index contributed by atoms with van der Waals surface area (Å²) in [5, 5.41) is 20.8. The Hall–Kier alpha value is -3.87. The van der Waals surface area contributed by atoms with E-state index in [-0.39, 0.29) is 17.3 Å². The summed E-state index contributed by atoms with van der Waals surface area (Å²) < 4.78 is 12.1. The molecule has 0 heterocycles. The van der Waals surface area contributed by atoms with E-state index in [1.165, 1.54) is 29.2 Å². The van der Waals surface area contributed by atoms with E-state index in [9.17, 15) is 34.4 Å². The first kappa shape index (κ1) is 50.1. The molecule has 3 aromatic carbocycles. The predicted octanol–water partition coefficient (Wildman–Crippen LogP) is 11.6. The van der Waals surface area contributed by atoms with E-state index >= 15 is 0 Å². The molecular formula is C38H49BrCl2IN5O9. The number of nitro benzene ring substituents is 1. The number of carbonyl (C=O) groups is 4. The van der Waals surface area contributed by atoms with Crippen LogP contribution >= 0.6 is 61.7 Å². The zero-order valence-electron chi connectivity index (χ0n) is 33.3. The van der Waals surface area contributed by atoms with Gasteiger partial charge in [-0.25, -0.2) is 19.8 Å². The van der Waals surface area contributed by atoms with Crippen molar-refractivity contribution in [3.63, 3.8) is 0 Å². The van der Waals surface area contributed by atoms with Crippen LogP contribution in [0.1, 0.15) is 93.4 Å². The number of ether oxygens (including phenoxy) is 2. The van der Waals surface area contributed by atoms with Gasteiger partial charge in [0.15, 0.2) is 0 Å². The number of nitrogens with zero attached hydrogens (tertiary/aromatic N) is 3. The van der Waals surface area contributed by atoms with Crippen LogP contribution in [0.15, 0.2) is 65.1 Å². The molecule has 0 aliphatic rings. The number of halogens is 4. The van der Waals surface area contributed by atoms with Crippen molar-refractivity contribution in [2.75, 3.05) is 9.80 Å². The third-order valence-corrected chi connectivity index (χ3v) is 9.25. The van der Waals surface area contributed by atoms with Gasteiger partial charge in [0.2, 0.25) is 0 Å². The third kappa shape index (κ3) is 17.5. The zero-order valence-corrected chi connectivity index (χ0v) is 38.6. The molecule has 3 N–H and O–H groups in total. The topological polar surface area (TPSA) is 181 Å². The molecule has 0 bridgehead atoms. The fraction of sp³-hybridized carbons (Fsp3) is 0.421. The van der Waals surface area contributed by atoms with Crippen LogP contribution in [0.4, 0.5) is 31.4 Å². The number of hydrogen-bond acceptors (Lipinski definition) is 8. The van der Waals surface area contributed by atoms with E-state index in [4.69, 9.17) is 32.7 Å². The lowest BCUT2D eigenvalue weighted by molar-refractivity contribution is -0.384. The molecule has 14 nitrogen and oxygen atoms in total. The van der Waals surface area contributed by atoms with Crippen LogP contribution < -0.4 is 20.7 Å². The number of rotatable bonds is 4. The normalized spacial score (nSPS) is 11.4. The first-order valence-electron chi connectivity index (χ1n) is 16.8. The minimum atomic E-state index is -0.982. The fourth-order valence-corrected chi connectivity index (χ4v) is 5.26. The molecule has 0 aliphatic heterocycles. The SMILES string of the molecule is CC(C)(C)N(C(=O)O)c1ccc(I)c(Cl)c1.CC(C)(C)OC(=O)N(c1ccc(Br)c(Cl)c1)C(C)(C)C.CC(C)(C)OC(=O)NNC(=O)c1ccc([N+](=O)[O-])cc1. The molecule has 3 aromatic rings. The maximum absolute atomic E-state index is 12.5. The highest BCUT2D eigenvalue weighted by Gasteiger charge is 2.32. The molecule has 0 saturated carbocycles. The molecule has 0 saturated heterocycles. The molecule has 0 spiro atoms. The van der Waals surface area contributed by atoms with E-state index in [0.29, 0.717) is 21.4 Å². The zero-order chi connectivity index (χ0) is 43.6. The van der Waals surface area contributed by atoms with Gasteiger partial charge in [-0.15, -0.1) is 0 Å². The van der Waals surface area contributed by atoms with Gasteiger partial charge in [0.05, 0.1) is 15.0 Å². The number of hydrazine groups is 1. The second-order valence-electron chi connectivity index (χ2n) is 15.9. The highest BCUT2D eigenvalue weighted by atomic mass is 127. The Morgan fingerprint density at radius 3 is 1.61 bits per heavy atom. The average Bonchev–Trinajstić information content (AvgIpc) is 3.01. The van der Waals surface area contributed by atoms with Crippen LogP contribution in [0.5, 0.6) is 0 Å². The molecule has 0 unspecified atom stereocenters. The van der Waals surface area contributed by atoms with Gasteiger partial charge in [-0.3, -0.25) is 30.1 Å². The standard InChI is InChI=1S/C15H21BrClNO2.C12H15N3O5.C11H13ClINO2/c1-14(2,3)18(13(19)20-15(4,5)6)10-7-8-11(16)12(17)9-10;1-12(2,3)20-11(17)14-13-10(16)8-4-6-9(7-5-8)15(18)19;1-11(2,3)14(10(15)16)7-4-5-9(13)8(12)6-7/h7-9H,1-6H3;4-7H,1-3H3,(H,13,16)(H,14,17);4-6H,1-3H3,(H,15,16). The van der Waals surface area contributed by atoms with Gasteiger partial charge in [-0.2, -0.15) is 0 Å². The van der Waals surface area contributed by atoms with Crippen molar-refractivity contribution in [3.8, 4) is 0 Å². The largest absolute Gasteiger partial charge is 0.465 e. The number of nitro groups is 1. The first-order chi connectivity index (χ1) is 25.3. The third-order valence-electron chi connectivity index (χ3n) is 6.45. The summed E-state index contributed by atoms with van der Waals surface area (Å²) in [6.07, 6.45) is -2.17. The number of benzene rings is 3. The Kier molecular flexibility index (Phi) is 18.4. The van der Waals surface area contributed by atoms with Crippen molar-refractivity contribution in [3.05, 3.63) is 94.4 Å². The Balaban J connectivity index is 0.000000423. The molecule has 18 heteroatoms. The summed E-state index contributed by atoms with van der Waals surface area (Å²) in [7, 11) is 0. The Labute approximate surface area is 360 Å². The number of hydrogen-bond donors (Lipinski definition) is 3. The average molecular weight is 998 g/mol. The Morgan fingerprint density at radius 2 is 1.20 bits per heavy atom. The van der Waals surface area contributed by atoms with Gasteiger partial charge in [-0.1, -0.05) is 23.2 Å². The van der Waals surface area contributed by atoms with Crippen LogP contribution in [-0.2, 0) is 9.47 Å². The molecule has 308 valence electrons. The van der Waals surface area contributed by atoms with Gasteiger partial charge >= 0.3 is 18.3 Å². The summed E-state index contributed by atoms with van der Waals surface area (Å²) in [5.41, 5.74) is 3.43. The van der Waals surface area contributed by atoms with Crippen LogP contribution in [0, 0.1) is 13.7 Å². The van der Waals surface area contributed by atoms with E-state index in [2.05, 4.69) is 49.4 Å². The molecule has 56 heavy (non-hydrogen) atoms. The second-order valence-corrected chi connectivity index (χ2v) is 18.7. The number of anilines is 2. The van der Waals surface area contributed by atoms with E-state index in [0.717, 1.165) is 8.04 Å². The van der Waals surface area contributed by atoms with Crippen molar-refractivity contribution in [1.82, 2.24) is 10.9 Å². The van der Waals surface area contributed by atoms with Crippen molar-refractivity contribution < 1.29 is 38.7 Å². The van der Waals surface area contributed by atoms with Gasteiger partial charge in [0.1, 0.15) is 11.2 Å². The smallest absolute Gasteiger partial charge is 0.426 e. The molecule has 3 rings (SSSR count). The number of nitrogens with one attached hydrogen (secondary N) is 2. The minimum Gasteiger partial charge on any atom is -0.465 e. The maximum atomic E-state index is 12.5. The van der Waals surface area contributed by atoms with Gasteiger partial charge in [-0.05, 0) is 170 Å². The van der Waals surface area contributed by atoms with E-state index < -0.39 is 45.3 Å². The fourth-order valence-electron chi connectivity index (χ4n) is 4.33. The maximum Gasteiger partial charge on any atom is 0.426 e. The van der Waals surface area contributed by atoms with Crippen LogP contribution in [0.2, 0.25) is 10.0 Å². The lowest BCUT2D eigenvalue weighted by Gasteiger charge is -2.36. The van der Waals surface area contributed by atoms with Crippen molar-refractivity contribution in [2.45, 2.75) is 105 Å². The molecular weight excluding hydrogens is 948 g/mol. The Bertz CT molecular complexity index is 1870. The number of carbonyl (C=O) groups excluding carboxylic acids is 3. The quantitative estimate of drug-likeness (QED) is 0.130. The lowest BCUT2D eigenvalue weighted by atomic mass is 10.1. The second kappa shape index (κ2) is 20.5. The minimum absolute atomic E-state index is 0.123. The highest BCUT2D eigenvalue weighted by Crippen LogP contribution is 2.33. The summed E-state index contributed by atoms with van der Waals surface area (Å²) in [6, 6.07) is 15.6. The summed E-state index contributed by atoms with van der Waals surface area (Å²) in [4.78, 5) is 59.4. The van der Waals surface area contributed by atoms with Crippen molar-refractivity contribution in [2.24, 2.45) is 0 Å². The highest BCUT2D eigenvalue weighted by molar-refractivity contribution is 14.1. The van der Waals surface area contributed by atoms with Gasteiger partial charge < -0.3 is 14.6 Å². The van der Waals surface area contributed by atoms with Crippen LogP contribution in [0.25, 0.3) is 0 Å². The number of carboxylic acid groups (broad SMARTS) is 1. The summed E-state index contributed by atoms with van der Waals surface area (Å²) in [6.45, 7) is 22.0. The summed E-state index contributed by atoms with van der Waals surface area (Å²) in [5.74, 6) is -0.606. The Morgan fingerprint density at radius 1 is 0.732 bits per heavy atom. The van der Waals surface area contributed by atoms with E-state index in [1.807, 2.05) is 74.4 Å². The first-order valence-corrected chi connectivity index (χ1v) is 19.5. The van der Waals surface area contributed by atoms with Crippen molar-refractivity contribution >= 4 is 103 Å². The summed E-state index contributed by atoms with van der Waals surface area (Å²) >= 11 is 17.6. The molecule has 0 aromatic heterocycles. The van der Waals surface area contributed by atoms with E-state index in [1.54, 1.807) is 49.9 Å². The molecule has 0 fully saturated rings. The van der Waals surface area contributed by atoms with Gasteiger partial charge in [0.25, 0.3) is 11.6 Å². The van der Waals surface area contributed by atoms with Crippen LogP contribution in [0.3, 0.4) is 0 Å². The van der Waals surface area contributed by atoms with Crippen molar-refractivity contribution in [1.29, 1.82) is 0 Å². The predicted molar refractivity (Wildman–Crippen MR) is 232 cm³/mol. The lowest BCUT2D eigenvalue weighted by Crippen LogP contribution is -2.48. The molecule has 0 aliphatic carbocycles. The number of non-ortho nitro benzene ring substituents is 1. The monoisotopic (exact) mass is 995 g/mol. The van der Waals surface area contributed by atoms with Gasteiger partial charge in [0, 0.05) is 48.2 Å². The molecule has 4 amide bonds. The van der Waals surface area contributed by atoms with Crippen LogP contribution in [-0.4, -0.2) is 56.5 Å². The number of amides is 4.